The number of nitrogens with one attached hydrogen (secondary N) is 1. The van der Waals surface area contributed by atoms with Gasteiger partial charge < -0.3 is 15.4 Å². The molecule has 0 saturated carbocycles. The molecule has 2 aromatic rings. The van der Waals surface area contributed by atoms with Crippen molar-refractivity contribution in [1.29, 1.82) is 0 Å². The van der Waals surface area contributed by atoms with Crippen LogP contribution in [0.2, 0.25) is 0 Å². The molecular formula is C22H31N2O2+. The molecule has 0 bridgehead atoms. The summed E-state index contributed by atoms with van der Waals surface area (Å²) in [6.07, 6.45) is 1.05. The summed E-state index contributed by atoms with van der Waals surface area (Å²) < 4.78 is 5.15. The molecule has 26 heavy (non-hydrogen) atoms. The molecule has 0 aromatic heterocycles. The van der Waals surface area contributed by atoms with Crippen molar-refractivity contribution in [2.75, 3.05) is 13.7 Å². The van der Waals surface area contributed by atoms with Crippen molar-refractivity contribution in [2.24, 2.45) is 5.92 Å². The summed E-state index contributed by atoms with van der Waals surface area (Å²) in [6.45, 7) is 7.52. The van der Waals surface area contributed by atoms with Gasteiger partial charge in [-0.15, -0.1) is 0 Å². The molecule has 3 N–H and O–H groups in total. The minimum atomic E-state index is 0.0525. The number of benzene rings is 2. The number of carbonyl (C=O) groups is 1. The Labute approximate surface area is 157 Å². The number of hydrogen-bond acceptors (Lipinski definition) is 2. The fourth-order valence-corrected chi connectivity index (χ4v) is 3.02. The number of aryl methyl sites for hydroxylation is 1. The number of rotatable bonds is 9. The normalized spacial score (nSPS) is 12.0. The molecular weight excluding hydrogens is 324 g/mol. The molecule has 0 aliphatic heterocycles. The first-order valence-electron chi connectivity index (χ1n) is 9.35. The summed E-state index contributed by atoms with van der Waals surface area (Å²) in [7, 11) is 1.65. The number of methoxy groups -OCH3 is 1. The van der Waals surface area contributed by atoms with E-state index in [1.807, 2.05) is 24.3 Å². The monoisotopic (exact) mass is 355 g/mol. The van der Waals surface area contributed by atoms with Crippen molar-refractivity contribution in [3.8, 4) is 5.75 Å². The van der Waals surface area contributed by atoms with E-state index in [2.05, 4.69) is 55.7 Å². The molecule has 0 aliphatic rings. The highest BCUT2D eigenvalue weighted by Crippen LogP contribution is 2.18. The third-order valence-electron chi connectivity index (χ3n) is 4.70. The van der Waals surface area contributed by atoms with Crippen LogP contribution >= 0.6 is 0 Å². The quantitative estimate of drug-likeness (QED) is 0.727. The van der Waals surface area contributed by atoms with Crippen LogP contribution in [-0.4, -0.2) is 19.6 Å². The highest BCUT2D eigenvalue weighted by Gasteiger charge is 2.20. The molecule has 1 atom stereocenters. The van der Waals surface area contributed by atoms with E-state index in [0.717, 1.165) is 17.7 Å². The van der Waals surface area contributed by atoms with Gasteiger partial charge in [-0.25, -0.2) is 0 Å². The zero-order valence-electron chi connectivity index (χ0n) is 16.3. The van der Waals surface area contributed by atoms with E-state index in [1.165, 1.54) is 11.1 Å². The van der Waals surface area contributed by atoms with E-state index in [1.54, 1.807) is 7.11 Å². The van der Waals surface area contributed by atoms with Crippen molar-refractivity contribution in [1.82, 2.24) is 5.32 Å². The predicted molar refractivity (Wildman–Crippen MR) is 105 cm³/mol. The van der Waals surface area contributed by atoms with Gasteiger partial charge in [-0.3, -0.25) is 4.79 Å². The fourth-order valence-electron chi connectivity index (χ4n) is 3.02. The van der Waals surface area contributed by atoms with Crippen LogP contribution in [0.15, 0.2) is 48.5 Å². The molecule has 0 unspecified atom stereocenters. The molecule has 0 radical (unpaired) electrons. The molecule has 0 heterocycles. The second-order valence-electron chi connectivity index (χ2n) is 6.93. The Morgan fingerprint density at radius 3 is 2.19 bits per heavy atom. The van der Waals surface area contributed by atoms with Gasteiger partial charge in [0.1, 0.15) is 11.8 Å². The Balaban J connectivity index is 1.86. The van der Waals surface area contributed by atoms with Crippen LogP contribution in [-0.2, 0) is 17.8 Å². The van der Waals surface area contributed by atoms with Gasteiger partial charge in [0.2, 0.25) is 0 Å². The number of hydrogen-bond donors (Lipinski definition) is 2. The summed E-state index contributed by atoms with van der Waals surface area (Å²) in [5, 5.41) is 5.12. The van der Waals surface area contributed by atoms with Gasteiger partial charge >= 0.3 is 0 Å². The van der Waals surface area contributed by atoms with E-state index in [9.17, 15) is 4.79 Å². The predicted octanol–water partition coefficient (Wildman–Crippen LogP) is 2.83. The Morgan fingerprint density at radius 2 is 1.65 bits per heavy atom. The van der Waals surface area contributed by atoms with E-state index in [4.69, 9.17) is 4.74 Å². The summed E-state index contributed by atoms with van der Waals surface area (Å²) in [5.41, 5.74) is 3.68. The number of amides is 1. The topological polar surface area (TPSA) is 54.9 Å². The summed E-state index contributed by atoms with van der Waals surface area (Å²) in [4.78, 5) is 12.2. The molecule has 0 fully saturated rings. The summed E-state index contributed by atoms with van der Waals surface area (Å²) in [5.74, 6) is 1.33. The van der Waals surface area contributed by atoms with Crippen molar-refractivity contribution in [3.05, 3.63) is 65.2 Å². The second kappa shape index (κ2) is 9.97. The first-order chi connectivity index (χ1) is 12.5. The van der Waals surface area contributed by atoms with Crippen molar-refractivity contribution < 1.29 is 14.8 Å². The minimum absolute atomic E-state index is 0.0525. The second-order valence-corrected chi connectivity index (χ2v) is 6.93. The van der Waals surface area contributed by atoms with Crippen LogP contribution in [0.1, 0.15) is 43.5 Å². The van der Waals surface area contributed by atoms with Crippen LogP contribution in [0.5, 0.6) is 5.75 Å². The maximum atomic E-state index is 12.2. The van der Waals surface area contributed by atoms with Crippen LogP contribution in [0.25, 0.3) is 0 Å². The standard InChI is InChI=1S/C22H30N2O2/c1-5-17-6-10-19(11-7-17)22(16(2)3)24-15-21(25)23-14-18-8-12-20(26-4)13-9-18/h6-13,16,22,24H,5,14-15H2,1-4H3,(H,23,25)/p+1/t22-/m0/s1. The van der Waals surface area contributed by atoms with Gasteiger partial charge in [0.15, 0.2) is 6.54 Å². The molecule has 4 nitrogen and oxygen atoms in total. The van der Waals surface area contributed by atoms with E-state index >= 15 is 0 Å². The maximum Gasteiger partial charge on any atom is 0.275 e. The SMILES string of the molecule is CCc1ccc([C@@H]([NH2+]CC(=O)NCc2ccc(OC)cc2)C(C)C)cc1. The van der Waals surface area contributed by atoms with Crippen molar-refractivity contribution in [3.63, 3.8) is 0 Å². The molecule has 0 saturated heterocycles. The lowest BCUT2D eigenvalue weighted by Crippen LogP contribution is -2.88. The lowest BCUT2D eigenvalue weighted by molar-refractivity contribution is -0.692. The third-order valence-corrected chi connectivity index (χ3v) is 4.70. The van der Waals surface area contributed by atoms with Gasteiger partial charge in [-0.1, -0.05) is 57.2 Å². The highest BCUT2D eigenvalue weighted by molar-refractivity contribution is 5.76. The molecule has 2 rings (SSSR count). The van der Waals surface area contributed by atoms with Crippen LogP contribution in [0, 0.1) is 5.92 Å². The number of ether oxygens (including phenoxy) is 1. The third kappa shape index (κ3) is 5.88. The van der Waals surface area contributed by atoms with Gasteiger partial charge in [-0.05, 0) is 29.7 Å². The minimum Gasteiger partial charge on any atom is -0.497 e. The zero-order chi connectivity index (χ0) is 18.9. The van der Waals surface area contributed by atoms with Crippen molar-refractivity contribution >= 4 is 5.91 Å². The van der Waals surface area contributed by atoms with E-state index in [0.29, 0.717) is 19.0 Å². The smallest absolute Gasteiger partial charge is 0.275 e. The first-order valence-corrected chi connectivity index (χ1v) is 9.35. The molecule has 0 spiro atoms. The first kappa shape index (κ1) is 20.0. The molecule has 2 aromatic carbocycles. The number of carbonyl (C=O) groups excluding carboxylic acids is 1. The average Bonchev–Trinajstić information content (AvgIpc) is 2.67. The fraction of sp³-hybridized carbons (Fsp3) is 0.409. The maximum absolute atomic E-state index is 12.2. The number of quaternary nitrogens is 1. The zero-order valence-corrected chi connectivity index (χ0v) is 16.3. The number of nitrogens with two attached hydrogens (primary N) is 1. The molecule has 4 heteroatoms. The Morgan fingerprint density at radius 1 is 1.04 bits per heavy atom. The van der Waals surface area contributed by atoms with Gasteiger partial charge in [0.25, 0.3) is 5.91 Å². The van der Waals surface area contributed by atoms with Crippen LogP contribution in [0.4, 0.5) is 0 Å². The summed E-state index contributed by atoms with van der Waals surface area (Å²) >= 11 is 0. The average molecular weight is 356 g/mol. The summed E-state index contributed by atoms with van der Waals surface area (Å²) in [6, 6.07) is 16.8. The Hall–Kier alpha value is -2.33. The van der Waals surface area contributed by atoms with Crippen molar-refractivity contribution in [2.45, 2.75) is 39.8 Å². The van der Waals surface area contributed by atoms with Gasteiger partial charge in [0, 0.05) is 18.0 Å². The molecule has 1 amide bonds. The Bertz CT molecular complexity index is 678. The lowest BCUT2D eigenvalue weighted by atomic mass is 9.95. The Kier molecular flexibility index (Phi) is 7.67. The van der Waals surface area contributed by atoms with E-state index in [-0.39, 0.29) is 11.9 Å². The van der Waals surface area contributed by atoms with E-state index < -0.39 is 0 Å². The highest BCUT2D eigenvalue weighted by atomic mass is 16.5. The molecule has 140 valence electrons. The lowest BCUT2D eigenvalue weighted by Gasteiger charge is -2.20. The van der Waals surface area contributed by atoms with Gasteiger partial charge in [0.05, 0.1) is 7.11 Å². The van der Waals surface area contributed by atoms with Gasteiger partial charge in [-0.2, -0.15) is 0 Å². The van der Waals surface area contributed by atoms with Crippen LogP contribution in [0.3, 0.4) is 0 Å². The largest absolute Gasteiger partial charge is 0.497 e. The molecule has 0 aliphatic carbocycles. The van der Waals surface area contributed by atoms with Crippen LogP contribution < -0.4 is 15.4 Å².